The van der Waals surface area contributed by atoms with E-state index in [1.54, 1.807) is 26.3 Å². The van der Waals surface area contributed by atoms with E-state index < -0.39 is 34.2 Å². The van der Waals surface area contributed by atoms with Gasteiger partial charge in [-0.25, -0.2) is 10.3 Å². The van der Waals surface area contributed by atoms with Crippen LogP contribution in [0.5, 0.6) is 0 Å². The Bertz CT molecular complexity index is 830. The van der Waals surface area contributed by atoms with E-state index in [4.69, 9.17) is 5.21 Å². The van der Waals surface area contributed by atoms with Gasteiger partial charge >= 0.3 is 6.03 Å². The average molecular weight is 450 g/mol. The largest absolute Gasteiger partial charge is 0.331 e. The standard InChI is InChI=1S/C21H31N5O6/c1-21(2,3)18(23-20(29)22-15-8-10-16(11-9-15)26(31)32)19(28)25(13-17(27)24-30)12-14-6-4-5-7-14/h8-11,14,18,30H,4-7,12-13H2,1-3H3,(H,24,27)(H2,22,23,29). The monoisotopic (exact) mass is 449 g/mol. The third-order valence-corrected chi connectivity index (χ3v) is 5.45. The number of nitro groups is 1. The SMILES string of the molecule is CC(C)(C)C(NC(=O)Nc1ccc([N+](=O)[O-])cc1)C(=O)N(CC(=O)NO)CC1CCCC1. The molecular formula is C21H31N5O6. The zero-order valence-corrected chi connectivity index (χ0v) is 18.6. The van der Waals surface area contributed by atoms with E-state index in [1.807, 2.05) is 0 Å². The lowest BCUT2D eigenvalue weighted by Crippen LogP contribution is -2.57. The second-order valence-corrected chi connectivity index (χ2v) is 9.11. The fraction of sp³-hybridized carbons (Fsp3) is 0.571. The van der Waals surface area contributed by atoms with Crippen LogP contribution in [0.2, 0.25) is 0 Å². The van der Waals surface area contributed by atoms with E-state index in [-0.39, 0.29) is 18.2 Å². The van der Waals surface area contributed by atoms with E-state index in [1.165, 1.54) is 29.2 Å². The van der Waals surface area contributed by atoms with Crippen molar-refractivity contribution < 1.29 is 24.5 Å². The number of rotatable bonds is 8. The lowest BCUT2D eigenvalue weighted by molar-refractivity contribution is -0.384. The zero-order valence-electron chi connectivity index (χ0n) is 18.6. The van der Waals surface area contributed by atoms with Crippen LogP contribution in [0.15, 0.2) is 24.3 Å². The van der Waals surface area contributed by atoms with Gasteiger partial charge in [0.1, 0.15) is 12.6 Å². The van der Waals surface area contributed by atoms with Crippen molar-refractivity contribution in [2.24, 2.45) is 11.3 Å². The Morgan fingerprint density at radius 2 is 1.78 bits per heavy atom. The molecule has 4 N–H and O–H groups in total. The van der Waals surface area contributed by atoms with Crippen LogP contribution >= 0.6 is 0 Å². The normalized spacial score (nSPS) is 15.0. The molecule has 1 saturated carbocycles. The molecule has 11 heteroatoms. The van der Waals surface area contributed by atoms with Crippen molar-refractivity contribution in [2.45, 2.75) is 52.5 Å². The molecule has 11 nitrogen and oxygen atoms in total. The maximum atomic E-state index is 13.4. The summed E-state index contributed by atoms with van der Waals surface area (Å²) >= 11 is 0. The van der Waals surface area contributed by atoms with E-state index in [0.29, 0.717) is 12.2 Å². The molecule has 1 unspecified atom stereocenters. The Labute approximate surface area is 186 Å². The van der Waals surface area contributed by atoms with Crippen molar-refractivity contribution >= 4 is 29.2 Å². The van der Waals surface area contributed by atoms with Gasteiger partial charge in [-0.2, -0.15) is 0 Å². The first kappa shape index (κ1) is 25.1. The number of carbonyl (C=O) groups is 3. The molecule has 1 aliphatic carbocycles. The van der Waals surface area contributed by atoms with Gasteiger partial charge in [0, 0.05) is 24.4 Å². The van der Waals surface area contributed by atoms with Gasteiger partial charge in [-0.15, -0.1) is 0 Å². The van der Waals surface area contributed by atoms with Crippen LogP contribution < -0.4 is 16.1 Å². The predicted molar refractivity (Wildman–Crippen MR) is 117 cm³/mol. The van der Waals surface area contributed by atoms with Crippen molar-refractivity contribution in [1.82, 2.24) is 15.7 Å². The van der Waals surface area contributed by atoms with Gasteiger partial charge in [-0.1, -0.05) is 33.6 Å². The van der Waals surface area contributed by atoms with Crippen LogP contribution in [0.3, 0.4) is 0 Å². The highest BCUT2D eigenvalue weighted by Gasteiger charge is 2.37. The van der Waals surface area contributed by atoms with Crippen molar-refractivity contribution in [2.75, 3.05) is 18.4 Å². The Morgan fingerprint density at radius 3 is 2.28 bits per heavy atom. The first-order chi connectivity index (χ1) is 15.0. The summed E-state index contributed by atoms with van der Waals surface area (Å²) in [5.41, 5.74) is 1.11. The summed E-state index contributed by atoms with van der Waals surface area (Å²) in [4.78, 5) is 49.4. The zero-order chi connectivity index (χ0) is 23.9. The van der Waals surface area contributed by atoms with Crippen LogP contribution in [0, 0.1) is 21.4 Å². The van der Waals surface area contributed by atoms with E-state index >= 15 is 0 Å². The molecule has 0 saturated heterocycles. The number of benzene rings is 1. The minimum atomic E-state index is -0.951. The minimum Gasteiger partial charge on any atom is -0.331 e. The molecule has 1 aliphatic rings. The first-order valence-electron chi connectivity index (χ1n) is 10.5. The van der Waals surface area contributed by atoms with Crippen molar-refractivity contribution in [3.8, 4) is 0 Å². The quantitative estimate of drug-likeness (QED) is 0.272. The Morgan fingerprint density at radius 1 is 1.19 bits per heavy atom. The molecule has 0 aromatic heterocycles. The van der Waals surface area contributed by atoms with Gasteiger partial charge in [-0.05, 0) is 36.3 Å². The first-order valence-corrected chi connectivity index (χ1v) is 10.5. The van der Waals surface area contributed by atoms with Crippen LogP contribution in [0.4, 0.5) is 16.2 Å². The number of urea groups is 1. The summed E-state index contributed by atoms with van der Waals surface area (Å²) in [6, 6.07) is 3.71. The van der Waals surface area contributed by atoms with Crippen molar-refractivity contribution in [3.05, 3.63) is 34.4 Å². The second-order valence-electron chi connectivity index (χ2n) is 9.11. The molecule has 0 aliphatic heterocycles. The lowest BCUT2D eigenvalue weighted by atomic mass is 9.85. The second kappa shape index (κ2) is 10.9. The molecule has 0 spiro atoms. The average Bonchev–Trinajstić information content (AvgIpc) is 3.23. The van der Waals surface area contributed by atoms with Crippen molar-refractivity contribution in [3.63, 3.8) is 0 Å². The summed E-state index contributed by atoms with van der Waals surface area (Å²) in [5.74, 6) is -0.869. The van der Waals surface area contributed by atoms with Crippen LogP contribution in [0.1, 0.15) is 46.5 Å². The molecule has 0 bridgehead atoms. The number of carbonyl (C=O) groups excluding carboxylic acids is 3. The third kappa shape index (κ3) is 7.19. The summed E-state index contributed by atoms with van der Waals surface area (Å²) in [5, 5.41) is 24.9. The van der Waals surface area contributed by atoms with Gasteiger partial charge in [-0.3, -0.25) is 24.9 Å². The van der Waals surface area contributed by atoms with Crippen LogP contribution in [-0.4, -0.2) is 52.0 Å². The van der Waals surface area contributed by atoms with Gasteiger partial charge < -0.3 is 15.5 Å². The number of nitro benzene ring substituents is 1. The number of hydrogen-bond donors (Lipinski definition) is 4. The number of amides is 4. The maximum Gasteiger partial charge on any atom is 0.319 e. The molecule has 176 valence electrons. The van der Waals surface area contributed by atoms with Gasteiger partial charge in [0.15, 0.2) is 0 Å². The summed E-state index contributed by atoms with van der Waals surface area (Å²) in [6.07, 6.45) is 4.05. The number of nitrogens with one attached hydrogen (secondary N) is 3. The smallest absolute Gasteiger partial charge is 0.319 e. The number of non-ortho nitro benzene ring substituents is 1. The van der Waals surface area contributed by atoms with Gasteiger partial charge in [0.2, 0.25) is 5.91 Å². The molecule has 1 aromatic carbocycles. The highest BCUT2D eigenvalue weighted by molar-refractivity contribution is 5.95. The third-order valence-electron chi connectivity index (χ3n) is 5.45. The van der Waals surface area contributed by atoms with Crippen molar-refractivity contribution in [1.29, 1.82) is 0 Å². The van der Waals surface area contributed by atoms with Gasteiger partial charge in [0.05, 0.1) is 4.92 Å². The molecule has 1 aromatic rings. The molecule has 0 radical (unpaired) electrons. The van der Waals surface area contributed by atoms with E-state index in [2.05, 4.69) is 10.6 Å². The fourth-order valence-electron chi connectivity index (χ4n) is 3.74. The molecule has 4 amide bonds. The molecule has 0 heterocycles. The molecular weight excluding hydrogens is 418 g/mol. The number of hydroxylamine groups is 1. The maximum absolute atomic E-state index is 13.4. The Hall–Kier alpha value is -3.21. The van der Waals surface area contributed by atoms with Crippen LogP contribution in [-0.2, 0) is 9.59 Å². The summed E-state index contributed by atoms with van der Waals surface area (Å²) in [6.45, 7) is 5.43. The number of anilines is 1. The Kier molecular flexibility index (Phi) is 8.53. The number of nitrogens with zero attached hydrogens (tertiary/aromatic N) is 2. The van der Waals surface area contributed by atoms with Gasteiger partial charge in [0.25, 0.3) is 11.6 Å². The molecule has 1 atom stereocenters. The lowest BCUT2D eigenvalue weighted by Gasteiger charge is -2.35. The predicted octanol–water partition coefficient (Wildman–Crippen LogP) is 2.66. The molecule has 32 heavy (non-hydrogen) atoms. The molecule has 1 fully saturated rings. The molecule has 2 rings (SSSR count). The highest BCUT2D eigenvalue weighted by atomic mass is 16.6. The van der Waals surface area contributed by atoms with Crippen LogP contribution in [0.25, 0.3) is 0 Å². The minimum absolute atomic E-state index is 0.108. The Balaban J connectivity index is 2.14. The topological polar surface area (TPSA) is 154 Å². The summed E-state index contributed by atoms with van der Waals surface area (Å²) in [7, 11) is 0. The number of hydrogen-bond acceptors (Lipinski definition) is 6. The highest BCUT2D eigenvalue weighted by Crippen LogP contribution is 2.27. The van der Waals surface area contributed by atoms with E-state index in [0.717, 1.165) is 25.7 Å². The van der Waals surface area contributed by atoms with E-state index in [9.17, 15) is 24.5 Å². The summed E-state index contributed by atoms with van der Waals surface area (Å²) < 4.78 is 0. The fourth-order valence-corrected chi connectivity index (χ4v) is 3.74.